The van der Waals surface area contributed by atoms with Gasteiger partial charge in [0.2, 0.25) is 0 Å². The van der Waals surface area contributed by atoms with Crippen LogP contribution >= 0.6 is 0 Å². The van der Waals surface area contributed by atoms with Crippen molar-refractivity contribution in [2.24, 2.45) is 5.41 Å². The Bertz CT molecular complexity index is 365. The van der Waals surface area contributed by atoms with Gasteiger partial charge in [0.15, 0.2) is 0 Å². The van der Waals surface area contributed by atoms with Gasteiger partial charge in [0, 0.05) is 6.42 Å². The van der Waals surface area contributed by atoms with E-state index in [1.807, 2.05) is 0 Å². The van der Waals surface area contributed by atoms with Gasteiger partial charge in [-0.2, -0.15) is 0 Å². The highest BCUT2D eigenvalue weighted by molar-refractivity contribution is 5.69. The van der Waals surface area contributed by atoms with Crippen molar-refractivity contribution >= 4 is 5.97 Å². The van der Waals surface area contributed by atoms with Gasteiger partial charge in [-0.1, -0.05) is 104 Å². The van der Waals surface area contributed by atoms with Crippen molar-refractivity contribution in [3.8, 4) is 0 Å². The molecule has 0 heterocycles. The number of hydrogen-bond acceptors (Lipinski definition) is 4. The summed E-state index contributed by atoms with van der Waals surface area (Å²) in [5, 5.41) is 18.1. The zero-order valence-corrected chi connectivity index (χ0v) is 21.1. The molecule has 4 nitrogen and oxygen atoms in total. The van der Waals surface area contributed by atoms with Crippen LogP contribution in [0.4, 0.5) is 0 Å². The van der Waals surface area contributed by atoms with Gasteiger partial charge in [-0.05, 0) is 37.5 Å². The van der Waals surface area contributed by atoms with E-state index in [4.69, 9.17) is 9.84 Å². The first-order valence-electron chi connectivity index (χ1n) is 13.5. The predicted molar refractivity (Wildman–Crippen MR) is 131 cm³/mol. The molecule has 0 aromatic rings. The Morgan fingerprint density at radius 2 is 1.13 bits per heavy atom. The molecule has 31 heavy (non-hydrogen) atoms. The molecule has 1 unspecified atom stereocenters. The fourth-order valence-corrected chi connectivity index (χ4v) is 4.61. The van der Waals surface area contributed by atoms with E-state index in [1.165, 1.54) is 103 Å². The van der Waals surface area contributed by atoms with E-state index in [2.05, 4.69) is 20.8 Å². The van der Waals surface area contributed by atoms with Gasteiger partial charge in [0.1, 0.15) is 12.7 Å². The molecule has 0 saturated carbocycles. The summed E-state index contributed by atoms with van der Waals surface area (Å²) in [4.78, 5) is 11.9. The minimum Gasteiger partial charge on any atom is -0.463 e. The van der Waals surface area contributed by atoms with Gasteiger partial charge < -0.3 is 14.9 Å². The van der Waals surface area contributed by atoms with E-state index in [-0.39, 0.29) is 19.2 Å². The van der Waals surface area contributed by atoms with Gasteiger partial charge in [0.05, 0.1) is 6.61 Å². The largest absolute Gasteiger partial charge is 0.463 e. The summed E-state index contributed by atoms with van der Waals surface area (Å²) in [6.07, 6.45) is 22.6. The van der Waals surface area contributed by atoms with Gasteiger partial charge in [-0.25, -0.2) is 0 Å². The summed E-state index contributed by atoms with van der Waals surface area (Å²) in [5.41, 5.74) is 0.451. The number of aliphatic hydroxyl groups excluding tert-OH is 2. The molecular weight excluding hydrogens is 388 g/mol. The molecule has 0 spiro atoms. The van der Waals surface area contributed by atoms with Crippen LogP contribution in [0.3, 0.4) is 0 Å². The van der Waals surface area contributed by atoms with Crippen molar-refractivity contribution < 1.29 is 19.7 Å². The fourth-order valence-electron chi connectivity index (χ4n) is 4.61. The molecule has 0 radical (unpaired) electrons. The number of carbonyl (C=O) groups excluding carboxylic acids is 1. The standard InChI is InChI=1S/C27H54O4/c1-4-7-10-14-19-27(20-15-11-8-5-2,21-16-12-9-6-3)22-17-13-18-26(30)31-24-25(29)23-28/h25,28-29H,4-24H2,1-3H3. The molecule has 0 aromatic heterocycles. The first-order chi connectivity index (χ1) is 15.0. The normalized spacial score (nSPS) is 12.8. The number of aliphatic hydroxyl groups is 2. The Hall–Kier alpha value is -0.610. The van der Waals surface area contributed by atoms with Gasteiger partial charge in [-0.15, -0.1) is 0 Å². The number of esters is 1. The first kappa shape index (κ1) is 30.4. The van der Waals surface area contributed by atoms with Crippen molar-refractivity contribution in [3.63, 3.8) is 0 Å². The van der Waals surface area contributed by atoms with Crippen molar-refractivity contribution in [1.82, 2.24) is 0 Å². The molecule has 0 fully saturated rings. The molecule has 0 saturated heterocycles. The summed E-state index contributed by atoms with van der Waals surface area (Å²) < 4.78 is 5.05. The Labute approximate surface area is 193 Å². The van der Waals surface area contributed by atoms with Crippen LogP contribution in [-0.4, -0.2) is 35.5 Å². The van der Waals surface area contributed by atoms with Crippen LogP contribution in [0, 0.1) is 5.41 Å². The molecule has 4 heteroatoms. The molecule has 2 N–H and O–H groups in total. The zero-order chi connectivity index (χ0) is 23.2. The maximum absolute atomic E-state index is 11.9. The van der Waals surface area contributed by atoms with Crippen LogP contribution in [0.1, 0.15) is 143 Å². The van der Waals surface area contributed by atoms with E-state index in [0.717, 1.165) is 12.8 Å². The summed E-state index contributed by atoms with van der Waals surface area (Å²) in [6, 6.07) is 0. The molecule has 0 aliphatic heterocycles. The van der Waals surface area contributed by atoms with Gasteiger partial charge in [-0.3, -0.25) is 4.79 Å². The molecule has 0 rings (SSSR count). The molecular formula is C27H54O4. The second kappa shape index (κ2) is 21.2. The summed E-state index contributed by atoms with van der Waals surface area (Å²) in [5.74, 6) is -0.257. The average molecular weight is 443 g/mol. The summed E-state index contributed by atoms with van der Waals surface area (Å²) >= 11 is 0. The fraction of sp³-hybridized carbons (Fsp3) is 0.963. The molecule has 0 bridgehead atoms. The van der Waals surface area contributed by atoms with Crippen molar-refractivity contribution in [2.45, 2.75) is 149 Å². The molecule has 0 aromatic carbocycles. The maximum Gasteiger partial charge on any atom is 0.305 e. The van der Waals surface area contributed by atoms with Crippen molar-refractivity contribution in [1.29, 1.82) is 0 Å². The van der Waals surface area contributed by atoms with E-state index >= 15 is 0 Å². The Kier molecular flexibility index (Phi) is 20.8. The van der Waals surface area contributed by atoms with Crippen LogP contribution in [-0.2, 0) is 9.53 Å². The number of ether oxygens (including phenoxy) is 1. The van der Waals surface area contributed by atoms with Crippen molar-refractivity contribution in [3.05, 3.63) is 0 Å². The lowest BCUT2D eigenvalue weighted by Crippen LogP contribution is -2.23. The third kappa shape index (κ3) is 17.6. The van der Waals surface area contributed by atoms with E-state index in [1.54, 1.807) is 0 Å². The topological polar surface area (TPSA) is 66.8 Å². The maximum atomic E-state index is 11.9. The smallest absolute Gasteiger partial charge is 0.305 e. The highest BCUT2D eigenvalue weighted by Gasteiger charge is 2.28. The Balaban J connectivity index is 4.72. The lowest BCUT2D eigenvalue weighted by molar-refractivity contribution is -0.147. The predicted octanol–water partition coefficient (Wildman–Crippen LogP) is 7.34. The minimum atomic E-state index is -0.967. The zero-order valence-electron chi connectivity index (χ0n) is 21.1. The number of rotatable bonds is 23. The second-order valence-electron chi connectivity index (χ2n) is 9.66. The number of carbonyl (C=O) groups is 1. The monoisotopic (exact) mass is 442 g/mol. The molecule has 0 amide bonds. The number of unbranched alkanes of at least 4 members (excludes halogenated alkanes) is 10. The average Bonchev–Trinajstić information content (AvgIpc) is 2.78. The third-order valence-electron chi connectivity index (χ3n) is 6.67. The molecule has 1 atom stereocenters. The molecule has 0 aliphatic rings. The van der Waals surface area contributed by atoms with Crippen LogP contribution in [0.5, 0.6) is 0 Å². The van der Waals surface area contributed by atoms with Crippen LogP contribution in [0.25, 0.3) is 0 Å². The lowest BCUT2D eigenvalue weighted by Gasteiger charge is -2.35. The van der Waals surface area contributed by atoms with Gasteiger partial charge >= 0.3 is 5.97 Å². The highest BCUT2D eigenvalue weighted by Crippen LogP contribution is 2.42. The second-order valence-corrected chi connectivity index (χ2v) is 9.66. The molecule has 186 valence electrons. The van der Waals surface area contributed by atoms with Crippen LogP contribution in [0.2, 0.25) is 0 Å². The third-order valence-corrected chi connectivity index (χ3v) is 6.67. The van der Waals surface area contributed by atoms with E-state index in [9.17, 15) is 9.90 Å². The molecule has 0 aliphatic carbocycles. The van der Waals surface area contributed by atoms with Gasteiger partial charge in [0.25, 0.3) is 0 Å². The first-order valence-corrected chi connectivity index (χ1v) is 13.5. The SMILES string of the molecule is CCCCCCC(CCCCCC)(CCCCCC)CCCCC(=O)OCC(O)CO. The Morgan fingerprint density at radius 3 is 1.52 bits per heavy atom. The lowest BCUT2D eigenvalue weighted by atomic mass is 9.70. The summed E-state index contributed by atoms with van der Waals surface area (Å²) in [6.45, 7) is 6.36. The minimum absolute atomic E-state index is 0.106. The van der Waals surface area contributed by atoms with Crippen LogP contribution < -0.4 is 0 Å². The van der Waals surface area contributed by atoms with Crippen molar-refractivity contribution in [2.75, 3.05) is 13.2 Å². The summed E-state index contributed by atoms with van der Waals surface area (Å²) in [7, 11) is 0. The van der Waals surface area contributed by atoms with E-state index in [0.29, 0.717) is 11.8 Å². The highest BCUT2D eigenvalue weighted by atomic mass is 16.5. The Morgan fingerprint density at radius 1 is 0.710 bits per heavy atom. The van der Waals surface area contributed by atoms with Crippen LogP contribution in [0.15, 0.2) is 0 Å². The quantitative estimate of drug-likeness (QED) is 0.128. The van der Waals surface area contributed by atoms with E-state index < -0.39 is 6.10 Å². The number of hydrogen-bond donors (Lipinski definition) is 2.